The van der Waals surface area contributed by atoms with Crippen molar-refractivity contribution in [3.8, 4) is 16.5 Å². The molecule has 0 N–H and O–H groups in total. The number of benzene rings is 3. The number of fused-ring (bicyclic) bond motifs is 1. The molecular formula is C19H14OSe. The molecule has 0 amide bonds. The topological polar surface area (TPSA) is 9.23 Å². The predicted molar refractivity (Wildman–Crippen MR) is 89.0 cm³/mol. The van der Waals surface area contributed by atoms with Gasteiger partial charge in [-0.25, -0.2) is 0 Å². The second-order valence-corrected chi connectivity index (χ2v) is 6.31. The first-order valence-corrected chi connectivity index (χ1v) is 8.45. The van der Waals surface area contributed by atoms with Crippen LogP contribution in [0.25, 0.3) is 10.8 Å². The van der Waals surface area contributed by atoms with Gasteiger partial charge in [0.1, 0.15) is 0 Å². The van der Waals surface area contributed by atoms with E-state index in [-0.39, 0.29) is 15.0 Å². The average molecular weight is 337 g/mol. The Bertz CT molecular complexity index is 779. The maximum absolute atomic E-state index is 5.79. The fraction of sp³-hybridized carbons (Fsp3) is 0.0526. The van der Waals surface area contributed by atoms with Crippen molar-refractivity contribution in [1.29, 1.82) is 0 Å². The van der Waals surface area contributed by atoms with Gasteiger partial charge in [-0.3, -0.25) is 0 Å². The van der Waals surface area contributed by atoms with Gasteiger partial charge in [0.2, 0.25) is 0 Å². The summed E-state index contributed by atoms with van der Waals surface area (Å²) in [6, 6.07) is 24.7. The molecule has 0 fully saturated rings. The molecule has 0 aliphatic heterocycles. The van der Waals surface area contributed by atoms with Crippen molar-refractivity contribution >= 4 is 30.2 Å². The van der Waals surface area contributed by atoms with Gasteiger partial charge in [-0.15, -0.1) is 0 Å². The predicted octanol–water partition coefficient (Wildman–Crippen LogP) is 3.21. The van der Waals surface area contributed by atoms with E-state index >= 15 is 0 Å². The average Bonchev–Trinajstić information content (AvgIpc) is 2.56. The Labute approximate surface area is 131 Å². The monoisotopic (exact) mass is 338 g/mol. The van der Waals surface area contributed by atoms with Crippen LogP contribution in [0.5, 0.6) is 5.75 Å². The molecule has 0 spiro atoms. The Hall–Kier alpha value is -2.20. The van der Waals surface area contributed by atoms with E-state index in [1.807, 2.05) is 42.5 Å². The summed E-state index contributed by atoms with van der Waals surface area (Å²) in [7, 11) is 0. The van der Waals surface area contributed by atoms with Gasteiger partial charge in [0.25, 0.3) is 0 Å². The first-order valence-electron chi connectivity index (χ1n) is 6.74. The van der Waals surface area contributed by atoms with E-state index in [2.05, 4.69) is 41.1 Å². The Morgan fingerprint density at radius 2 is 1.57 bits per heavy atom. The first kappa shape index (κ1) is 13.8. The molecule has 21 heavy (non-hydrogen) atoms. The van der Waals surface area contributed by atoms with Gasteiger partial charge in [-0.05, 0) is 0 Å². The van der Waals surface area contributed by atoms with Crippen LogP contribution in [-0.2, 0) is 0 Å². The van der Waals surface area contributed by atoms with Crippen LogP contribution >= 0.6 is 0 Å². The molecule has 0 saturated heterocycles. The van der Waals surface area contributed by atoms with E-state index in [1.165, 1.54) is 9.85 Å². The number of ether oxygens (including phenoxy) is 1. The van der Waals surface area contributed by atoms with Gasteiger partial charge in [0.05, 0.1) is 0 Å². The van der Waals surface area contributed by atoms with Crippen LogP contribution in [-0.4, -0.2) is 21.6 Å². The summed E-state index contributed by atoms with van der Waals surface area (Å²) in [5.41, 5.74) is 0. The molecule has 0 atom stereocenters. The van der Waals surface area contributed by atoms with E-state index in [9.17, 15) is 0 Å². The molecule has 0 aliphatic carbocycles. The first-order chi connectivity index (χ1) is 10.4. The second kappa shape index (κ2) is 6.99. The number of rotatable bonds is 3. The van der Waals surface area contributed by atoms with Crippen LogP contribution < -0.4 is 9.20 Å². The fourth-order valence-corrected chi connectivity index (χ4v) is 3.19. The third-order valence-corrected chi connectivity index (χ3v) is 4.62. The van der Waals surface area contributed by atoms with E-state index in [0.29, 0.717) is 6.61 Å². The van der Waals surface area contributed by atoms with Crippen LogP contribution in [0.1, 0.15) is 0 Å². The molecule has 0 aromatic heterocycles. The van der Waals surface area contributed by atoms with E-state index < -0.39 is 0 Å². The summed E-state index contributed by atoms with van der Waals surface area (Å²) < 4.78 is 7.09. The Morgan fingerprint density at radius 3 is 2.48 bits per heavy atom. The van der Waals surface area contributed by atoms with Crippen LogP contribution in [0.15, 0.2) is 72.8 Å². The van der Waals surface area contributed by atoms with Crippen molar-refractivity contribution in [3.63, 3.8) is 0 Å². The molecular weight excluding hydrogens is 323 g/mol. The number of hydrogen-bond acceptors (Lipinski definition) is 1. The van der Waals surface area contributed by atoms with E-state index in [1.54, 1.807) is 0 Å². The molecule has 0 bridgehead atoms. The van der Waals surface area contributed by atoms with E-state index in [0.717, 1.165) is 11.1 Å². The zero-order chi connectivity index (χ0) is 14.3. The molecule has 3 rings (SSSR count). The SMILES string of the molecule is C(#C[Se]c1ccccc1)COc1cccc2ccccc12. The fourth-order valence-electron chi connectivity index (χ4n) is 2.05. The summed E-state index contributed by atoms with van der Waals surface area (Å²) in [6.07, 6.45) is 0. The van der Waals surface area contributed by atoms with E-state index in [4.69, 9.17) is 4.74 Å². The molecule has 0 saturated carbocycles. The van der Waals surface area contributed by atoms with Crippen molar-refractivity contribution in [2.45, 2.75) is 0 Å². The third-order valence-electron chi connectivity index (χ3n) is 3.03. The zero-order valence-electron chi connectivity index (χ0n) is 11.5. The minimum absolute atomic E-state index is 0.198. The Morgan fingerprint density at radius 1 is 0.810 bits per heavy atom. The number of hydrogen-bond donors (Lipinski definition) is 0. The summed E-state index contributed by atoms with van der Waals surface area (Å²) in [6.45, 7) is 0.433. The van der Waals surface area contributed by atoms with Gasteiger partial charge in [0.15, 0.2) is 0 Å². The van der Waals surface area contributed by atoms with Gasteiger partial charge in [-0.1, -0.05) is 0 Å². The van der Waals surface area contributed by atoms with Crippen LogP contribution in [0.3, 0.4) is 0 Å². The van der Waals surface area contributed by atoms with Crippen molar-refractivity contribution in [2.75, 3.05) is 6.61 Å². The van der Waals surface area contributed by atoms with Crippen molar-refractivity contribution in [3.05, 3.63) is 72.8 Å². The van der Waals surface area contributed by atoms with Gasteiger partial charge in [-0.2, -0.15) is 0 Å². The van der Waals surface area contributed by atoms with Crippen molar-refractivity contribution in [1.82, 2.24) is 0 Å². The van der Waals surface area contributed by atoms with Crippen LogP contribution in [0, 0.1) is 10.7 Å². The molecule has 0 radical (unpaired) electrons. The molecule has 2 heteroatoms. The summed E-state index contributed by atoms with van der Waals surface area (Å²) >= 11 is 0.198. The minimum atomic E-state index is 0.198. The molecule has 3 aromatic rings. The molecule has 102 valence electrons. The van der Waals surface area contributed by atoms with Gasteiger partial charge >= 0.3 is 131 Å². The molecule has 1 nitrogen and oxygen atoms in total. The Kier molecular flexibility index (Phi) is 4.59. The normalized spacial score (nSPS) is 9.90. The van der Waals surface area contributed by atoms with Crippen molar-refractivity contribution < 1.29 is 4.74 Å². The Balaban J connectivity index is 1.63. The summed E-state index contributed by atoms with van der Waals surface area (Å²) in [4.78, 5) is 3.21. The standard InChI is InChI=1S/C19H14OSe/c1-2-10-17(11-3-1)21-15-7-14-20-19-13-6-9-16-8-4-5-12-18(16)19/h1-6,8-13H,14H2. The zero-order valence-corrected chi connectivity index (χ0v) is 13.2. The van der Waals surface area contributed by atoms with Crippen molar-refractivity contribution in [2.24, 2.45) is 0 Å². The quantitative estimate of drug-likeness (QED) is 0.527. The molecule has 0 heterocycles. The molecule has 0 unspecified atom stereocenters. The van der Waals surface area contributed by atoms with Crippen LogP contribution in [0.2, 0.25) is 0 Å². The summed E-state index contributed by atoms with van der Waals surface area (Å²) in [5, 5.41) is 2.33. The second-order valence-electron chi connectivity index (χ2n) is 4.46. The van der Waals surface area contributed by atoms with Gasteiger partial charge in [0, 0.05) is 0 Å². The van der Waals surface area contributed by atoms with Crippen LogP contribution in [0.4, 0.5) is 0 Å². The molecule has 3 aromatic carbocycles. The maximum atomic E-state index is 5.79. The molecule has 0 aliphatic rings. The van der Waals surface area contributed by atoms with Gasteiger partial charge < -0.3 is 0 Å². The summed E-state index contributed by atoms with van der Waals surface area (Å²) in [5.74, 6) is 4.00. The third kappa shape index (κ3) is 3.67.